The first-order valence-corrected chi connectivity index (χ1v) is 15.8. The summed E-state index contributed by atoms with van der Waals surface area (Å²) in [4.78, 5) is 9.37. The van der Waals surface area contributed by atoms with E-state index in [-0.39, 0.29) is 23.4 Å². The topological polar surface area (TPSA) is 57.5 Å². The standard InChI is InChI=1S/C32H58O.C3H6O2/c1-8-9-10-11-12-13-14-15-16-17-21-24-28(31(2,3)4)30(33)29(32(5,6)7)26-25-27-22-19-18-20-23-27;1-2-3(4)5/h18-20,22-23,28-30,33H,8-17,21,24-26H2,1-7H3;2H2,1H3,(H,4,5). The fraction of sp³-hybridized carbons (Fsp3) is 0.800. The number of carboxylic acids is 1. The lowest BCUT2D eigenvalue weighted by molar-refractivity contribution is -0.136. The smallest absolute Gasteiger partial charge is 0.303 e. The molecule has 0 saturated carbocycles. The average molecular weight is 533 g/mol. The molecule has 0 aliphatic heterocycles. The Labute approximate surface area is 237 Å². The van der Waals surface area contributed by atoms with E-state index in [0.717, 1.165) is 19.3 Å². The molecule has 3 nitrogen and oxygen atoms in total. The van der Waals surface area contributed by atoms with Gasteiger partial charge in [-0.15, -0.1) is 0 Å². The fourth-order valence-corrected chi connectivity index (χ4v) is 5.51. The average Bonchev–Trinajstić information content (AvgIpc) is 2.84. The zero-order valence-corrected chi connectivity index (χ0v) is 26.5. The van der Waals surface area contributed by atoms with Gasteiger partial charge in [-0.1, -0.05) is 156 Å². The van der Waals surface area contributed by atoms with Crippen molar-refractivity contribution in [3.8, 4) is 0 Å². The molecule has 0 aliphatic rings. The molecule has 0 spiro atoms. The number of hydrogen-bond acceptors (Lipinski definition) is 2. The van der Waals surface area contributed by atoms with Crippen molar-refractivity contribution in [2.24, 2.45) is 22.7 Å². The Balaban J connectivity index is 0.00000249. The zero-order chi connectivity index (χ0) is 29.0. The van der Waals surface area contributed by atoms with Crippen LogP contribution in [0.15, 0.2) is 30.3 Å². The second-order valence-electron chi connectivity index (χ2n) is 13.5. The lowest BCUT2D eigenvalue weighted by Crippen LogP contribution is -2.42. The molecule has 3 atom stereocenters. The van der Waals surface area contributed by atoms with Crippen molar-refractivity contribution in [3.05, 3.63) is 35.9 Å². The van der Waals surface area contributed by atoms with E-state index in [1.54, 1.807) is 6.92 Å². The summed E-state index contributed by atoms with van der Waals surface area (Å²) in [5.41, 5.74) is 1.62. The van der Waals surface area contributed by atoms with Crippen molar-refractivity contribution in [2.45, 2.75) is 158 Å². The van der Waals surface area contributed by atoms with Crippen molar-refractivity contribution >= 4 is 5.97 Å². The molecular formula is C35H64O3. The minimum absolute atomic E-state index is 0.106. The van der Waals surface area contributed by atoms with Gasteiger partial charge in [0.15, 0.2) is 0 Å². The maximum absolute atomic E-state index is 11.7. The monoisotopic (exact) mass is 532 g/mol. The van der Waals surface area contributed by atoms with Crippen molar-refractivity contribution in [1.29, 1.82) is 0 Å². The Morgan fingerprint density at radius 1 is 0.684 bits per heavy atom. The third-order valence-electron chi connectivity index (χ3n) is 8.06. The lowest BCUT2D eigenvalue weighted by Gasteiger charge is -2.43. The van der Waals surface area contributed by atoms with Gasteiger partial charge in [-0.2, -0.15) is 0 Å². The summed E-state index contributed by atoms with van der Waals surface area (Å²) in [5.74, 6) is -0.0734. The highest BCUT2D eigenvalue weighted by Gasteiger charge is 2.39. The molecule has 0 radical (unpaired) electrons. The number of aliphatic hydroxyl groups excluding tert-OH is 1. The van der Waals surface area contributed by atoms with Gasteiger partial charge >= 0.3 is 5.97 Å². The Bertz CT molecular complexity index is 683. The van der Waals surface area contributed by atoms with Gasteiger partial charge in [-0.05, 0) is 47.5 Å². The van der Waals surface area contributed by atoms with E-state index >= 15 is 0 Å². The van der Waals surface area contributed by atoms with E-state index in [4.69, 9.17) is 5.11 Å². The summed E-state index contributed by atoms with van der Waals surface area (Å²) in [6.07, 6.45) is 18.4. The predicted molar refractivity (Wildman–Crippen MR) is 166 cm³/mol. The summed E-state index contributed by atoms with van der Waals surface area (Å²) in [6.45, 7) is 17.8. The van der Waals surface area contributed by atoms with Crippen LogP contribution >= 0.6 is 0 Å². The molecule has 3 heteroatoms. The highest BCUT2D eigenvalue weighted by molar-refractivity contribution is 5.66. The van der Waals surface area contributed by atoms with E-state index in [2.05, 4.69) is 78.8 Å². The minimum atomic E-state index is -0.745. The summed E-state index contributed by atoms with van der Waals surface area (Å²) < 4.78 is 0. The van der Waals surface area contributed by atoms with Crippen molar-refractivity contribution in [1.82, 2.24) is 0 Å². The number of aliphatic carboxylic acids is 1. The van der Waals surface area contributed by atoms with Crippen LogP contribution in [-0.4, -0.2) is 22.3 Å². The Hall–Kier alpha value is -1.35. The van der Waals surface area contributed by atoms with Crippen LogP contribution in [0.2, 0.25) is 0 Å². The molecular weight excluding hydrogens is 468 g/mol. The fourth-order valence-electron chi connectivity index (χ4n) is 5.51. The van der Waals surface area contributed by atoms with Gasteiger partial charge in [0.1, 0.15) is 0 Å². The molecule has 2 N–H and O–H groups in total. The molecule has 38 heavy (non-hydrogen) atoms. The van der Waals surface area contributed by atoms with Crippen LogP contribution in [0.5, 0.6) is 0 Å². The quantitative estimate of drug-likeness (QED) is 0.185. The number of hydrogen-bond donors (Lipinski definition) is 2. The van der Waals surface area contributed by atoms with E-state index < -0.39 is 5.97 Å². The van der Waals surface area contributed by atoms with Gasteiger partial charge < -0.3 is 10.2 Å². The first-order valence-electron chi connectivity index (χ1n) is 15.8. The normalized spacial score (nSPS) is 14.3. The van der Waals surface area contributed by atoms with E-state index in [1.165, 1.54) is 76.2 Å². The summed E-state index contributed by atoms with van der Waals surface area (Å²) in [6, 6.07) is 10.8. The Morgan fingerprint density at radius 3 is 1.47 bits per heavy atom. The third kappa shape index (κ3) is 18.0. The van der Waals surface area contributed by atoms with Gasteiger partial charge in [-0.25, -0.2) is 0 Å². The van der Waals surface area contributed by atoms with Gasteiger partial charge in [0.2, 0.25) is 0 Å². The van der Waals surface area contributed by atoms with Crippen LogP contribution in [0.25, 0.3) is 0 Å². The number of aliphatic hydroxyl groups is 1. The molecule has 1 rings (SSSR count). The molecule has 1 aromatic rings. The maximum Gasteiger partial charge on any atom is 0.303 e. The molecule has 0 bridgehead atoms. The van der Waals surface area contributed by atoms with E-state index in [1.807, 2.05) is 0 Å². The number of aryl methyl sites for hydroxylation is 1. The van der Waals surface area contributed by atoms with Crippen LogP contribution < -0.4 is 0 Å². The molecule has 3 unspecified atom stereocenters. The van der Waals surface area contributed by atoms with Crippen molar-refractivity contribution in [2.75, 3.05) is 0 Å². The number of unbranched alkanes of at least 4 members (excludes halogenated alkanes) is 10. The lowest BCUT2D eigenvalue weighted by atomic mass is 9.65. The SMILES string of the molecule is CCC(=O)O.CCCCCCCCCCCCCC(C(O)C(CCc1ccccc1)C(C)(C)C)C(C)(C)C. The second-order valence-corrected chi connectivity index (χ2v) is 13.5. The number of carboxylic acid groups (broad SMARTS) is 1. The second kappa shape index (κ2) is 20.5. The van der Waals surface area contributed by atoms with Crippen LogP contribution in [-0.2, 0) is 11.2 Å². The molecule has 0 fully saturated rings. The summed E-state index contributed by atoms with van der Waals surface area (Å²) in [7, 11) is 0. The Morgan fingerprint density at radius 2 is 1.08 bits per heavy atom. The number of carbonyl (C=O) groups is 1. The third-order valence-corrected chi connectivity index (χ3v) is 8.06. The van der Waals surface area contributed by atoms with Crippen LogP contribution in [0.3, 0.4) is 0 Å². The van der Waals surface area contributed by atoms with Gasteiger partial charge in [0.25, 0.3) is 0 Å². The highest BCUT2D eigenvalue weighted by atomic mass is 16.4. The van der Waals surface area contributed by atoms with E-state index in [9.17, 15) is 9.90 Å². The van der Waals surface area contributed by atoms with Gasteiger partial charge in [0, 0.05) is 6.42 Å². The molecule has 0 heterocycles. The molecule has 0 aliphatic carbocycles. The first kappa shape index (κ1) is 36.6. The van der Waals surface area contributed by atoms with Crippen molar-refractivity contribution < 1.29 is 15.0 Å². The zero-order valence-electron chi connectivity index (χ0n) is 26.5. The van der Waals surface area contributed by atoms with Crippen LogP contribution in [0.4, 0.5) is 0 Å². The van der Waals surface area contributed by atoms with Gasteiger partial charge in [-0.3, -0.25) is 4.79 Å². The van der Waals surface area contributed by atoms with Gasteiger partial charge in [0.05, 0.1) is 6.10 Å². The van der Waals surface area contributed by atoms with Crippen molar-refractivity contribution in [3.63, 3.8) is 0 Å². The van der Waals surface area contributed by atoms with Crippen LogP contribution in [0, 0.1) is 22.7 Å². The Kier molecular flexibility index (Phi) is 19.8. The molecule has 0 saturated heterocycles. The molecule has 1 aromatic carbocycles. The predicted octanol–water partition coefficient (Wildman–Crippen LogP) is 10.5. The largest absolute Gasteiger partial charge is 0.481 e. The number of rotatable bonds is 18. The minimum Gasteiger partial charge on any atom is -0.481 e. The first-order chi connectivity index (χ1) is 17.8. The summed E-state index contributed by atoms with van der Waals surface area (Å²) >= 11 is 0. The number of benzene rings is 1. The molecule has 0 aromatic heterocycles. The maximum atomic E-state index is 11.7. The van der Waals surface area contributed by atoms with Crippen LogP contribution in [0.1, 0.15) is 151 Å². The molecule has 222 valence electrons. The highest BCUT2D eigenvalue weighted by Crippen LogP contribution is 2.42. The molecule has 0 amide bonds. The summed E-state index contributed by atoms with van der Waals surface area (Å²) in [5, 5.41) is 19.4. The van der Waals surface area contributed by atoms with E-state index in [0.29, 0.717) is 11.8 Å².